The summed E-state index contributed by atoms with van der Waals surface area (Å²) in [6.07, 6.45) is 4.11. The van der Waals surface area contributed by atoms with Crippen LogP contribution in [0.4, 0.5) is 10.5 Å². The van der Waals surface area contributed by atoms with Crippen molar-refractivity contribution in [2.75, 3.05) is 25.5 Å². The van der Waals surface area contributed by atoms with Crippen molar-refractivity contribution < 1.29 is 37.5 Å². The number of urea groups is 1. The number of para-hydroxylation sites is 1. The number of likely N-dealkylation sites (tertiary alicyclic amines) is 1. The zero-order chi connectivity index (χ0) is 15.2. The molecule has 1 aliphatic heterocycles. The van der Waals surface area contributed by atoms with Crippen LogP contribution < -0.4 is 10.6 Å². The first-order chi connectivity index (χ1) is 9.72. The molecule has 21 heavy (non-hydrogen) atoms. The quantitative estimate of drug-likeness (QED) is 0.743. The van der Waals surface area contributed by atoms with E-state index in [-0.39, 0.29) is 38.7 Å². The van der Waals surface area contributed by atoms with Crippen LogP contribution in [0, 0.1) is 7.05 Å². The molecule has 0 saturated carbocycles. The Bertz CT molecular complexity index is 341. The zero-order valence-electron chi connectivity index (χ0n) is 13.6. The van der Waals surface area contributed by atoms with Gasteiger partial charge in [0.05, 0.1) is 0 Å². The van der Waals surface area contributed by atoms with Gasteiger partial charge in [0.2, 0.25) is 0 Å². The molecule has 2 N–H and O–H groups in total. The number of hydrogen-bond acceptors (Lipinski definition) is 2. The maximum Gasteiger partial charge on any atom is 0.318 e. The normalized spacial score (nSPS) is 13.3. The molecule has 2 amide bonds. The van der Waals surface area contributed by atoms with Crippen molar-refractivity contribution in [3.05, 3.63) is 37.4 Å². The maximum atomic E-state index is 10.8. The van der Waals surface area contributed by atoms with Crippen molar-refractivity contribution in [3.63, 3.8) is 0 Å². The number of amides is 2. The van der Waals surface area contributed by atoms with Crippen molar-refractivity contribution in [1.82, 2.24) is 10.2 Å². The Kier molecular flexibility index (Phi) is 17.3. The predicted octanol–water partition coefficient (Wildman–Crippen LogP) is 3.73. The second-order valence-electron chi connectivity index (χ2n) is 4.25. The minimum Gasteiger partial charge on any atom is -0.459 e. The minimum atomic E-state index is -0.198. The number of nitrogens with zero attached hydrogens (tertiary/aromatic N) is 1. The standard InChI is InChI=1S/C8H10N2O.C6H12N.C2H6.Y/c1-9-8(11)10-7-5-3-2-4-6-7;1-7-5-3-2-4-6-7;1-2;/h2-6H,1H3,(H2,9,10,11);1-6H2;1-2H3;/q;-1;;. The van der Waals surface area contributed by atoms with Gasteiger partial charge in [-0.3, -0.25) is 7.05 Å². The third kappa shape index (κ3) is 13.0. The van der Waals surface area contributed by atoms with Crippen LogP contribution in [0.25, 0.3) is 0 Å². The molecule has 0 bridgehead atoms. The molecule has 1 aliphatic rings. The van der Waals surface area contributed by atoms with E-state index < -0.39 is 0 Å². The topological polar surface area (TPSA) is 44.4 Å². The third-order valence-corrected chi connectivity index (χ3v) is 2.71. The molecule has 1 aromatic carbocycles. The number of piperidine rings is 1. The number of carbonyl (C=O) groups is 1. The van der Waals surface area contributed by atoms with E-state index in [0.29, 0.717) is 0 Å². The van der Waals surface area contributed by atoms with Crippen molar-refractivity contribution in [2.24, 2.45) is 0 Å². The summed E-state index contributed by atoms with van der Waals surface area (Å²) >= 11 is 0. The van der Waals surface area contributed by atoms with Crippen molar-refractivity contribution in [1.29, 1.82) is 0 Å². The monoisotopic (exact) mass is 367 g/mol. The van der Waals surface area contributed by atoms with Gasteiger partial charge in [-0.25, -0.2) is 4.79 Å². The molecule has 0 atom stereocenters. The Morgan fingerprint density at radius 2 is 1.62 bits per heavy atom. The summed E-state index contributed by atoms with van der Waals surface area (Å²) in [6, 6.07) is 9.09. The molecule has 0 spiro atoms. The van der Waals surface area contributed by atoms with Gasteiger partial charge < -0.3 is 15.5 Å². The fourth-order valence-corrected chi connectivity index (χ4v) is 1.67. The van der Waals surface area contributed by atoms with E-state index >= 15 is 0 Å². The molecule has 0 unspecified atom stereocenters. The minimum absolute atomic E-state index is 0. The number of carbonyl (C=O) groups excluding carboxylic acids is 1. The molecular weight excluding hydrogens is 339 g/mol. The van der Waals surface area contributed by atoms with Gasteiger partial charge >= 0.3 is 6.03 Å². The smallest absolute Gasteiger partial charge is 0.318 e. The van der Waals surface area contributed by atoms with E-state index in [2.05, 4.69) is 22.6 Å². The third-order valence-electron chi connectivity index (χ3n) is 2.71. The largest absolute Gasteiger partial charge is 0.459 e. The van der Waals surface area contributed by atoms with E-state index in [1.165, 1.54) is 32.4 Å². The van der Waals surface area contributed by atoms with Crippen molar-refractivity contribution in [2.45, 2.75) is 33.1 Å². The predicted molar refractivity (Wildman–Crippen MR) is 86.6 cm³/mol. The van der Waals surface area contributed by atoms with Crippen molar-refractivity contribution in [3.8, 4) is 0 Å². The molecule has 1 aromatic rings. The van der Waals surface area contributed by atoms with Crippen LogP contribution in [-0.4, -0.2) is 31.1 Å². The van der Waals surface area contributed by atoms with E-state index in [0.717, 1.165) is 5.69 Å². The maximum absolute atomic E-state index is 10.8. The van der Waals surface area contributed by atoms with Gasteiger partial charge in [0.25, 0.3) is 0 Å². The first kappa shape index (κ1) is 22.8. The molecule has 2 rings (SSSR count). The summed E-state index contributed by atoms with van der Waals surface area (Å²) in [4.78, 5) is 12.9. The second kappa shape index (κ2) is 15.9. The summed E-state index contributed by atoms with van der Waals surface area (Å²) in [5.41, 5.74) is 0.798. The van der Waals surface area contributed by atoms with Gasteiger partial charge in [-0.15, -0.1) is 0 Å². The SMILES string of the molecule is CC.CNC(=O)Nc1ccccc1.[CH2-]N1CCCCC1.[Y]. The Hall–Kier alpha value is -0.446. The molecular formula is C16H28N3OY-. The van der Waals surface area contributed by atoms with Gasteiger partial charge in [-0.1, -0.05) is 38.5 Å². The molecule has 4 nitrogen and oxygen atoms in total. The molecule has 1 fully saturated rings. The Balaban J connectivity index is 0. The molecule has 1 saturated heterocycles. The van der Waals surface area contributed by atoms with E-state index in [1.807, 2.05) is 44.2 Å². The molecule has 0 aromatic heterocycles. The van der Waals surface area contributed by atoms with E-state index in [1.54, 1.807) is 7.05 Å². The Morgan fingerprint density at radius 1 is 1.10 bits per heavy atom. The first-order valence-corrected chi connectivity index (χ1v) is 7.31. The summed E-state index contributed by atoms with van der Waals surface area (Å²) in [6.45, 7) is 6.42. The molecule has 5 heteroatoms. The Morgan fingerprint density at radius 3 is 2.00 bits per heavy atom. The van der Waals surface area contributed by atoms with Gasteiger partial charge in [0.15, 0.2) is 0 Å². The number of benzene rings is 1. The van der Waals surface area contributed by atoms with Crippen LogP contribution >= 0.6 is 0 Å². The summed E-state index contributed by atoms with van der Waals surface area (Å²) in [7, 11) is 5.41. The van der Waals surface area contributed by atoms with Crippen molar-refractivity contribution >= 4 is 11.7 Å². The number of nitrogens with one attached hydrogen (secondary N) is 2. The van der Waals surface area contributed by atoms with Crippen LogP contribution in [0.3, 0.4) is 0 Å². The molecule has 1 radical (unpaired) electrons. The molecule has 117 valence electrons. The fourth-order valence-electron chi connectivity index (χ4n) is 1.67. The van der Waals surface area contributed by atoms with E-state index in [9.17, 15) is 4.79 Å². The first-order valence-electron chi connectivity index (χ1n) is 7.31. The summed E-state index contributed by atoms with van der Waals surface area (Å²) < 4.78 is 0. The Labute approximate surface area is 154 Å². The summed E-state index contributed by atoms with van der Waals surface area (Å²) in [5, 5.41) is 5.10. The number of hydrogen-bond donors (Lipinski definition) is 2. The van der Waals surface area contributed by atoms with Gasteiger partial charge in [-0.05, 0) is 38.1 Å². The summed E-state index contributed by atoms with van der Waals surface area (Å²) in [5.74, 6) is 0. The zero-order valence-corrected chi connectivity index (χ0v) is 16.4. The number of rotatable bonds is 1. The van der Waals surface area contributed by atoms with E-state index in [4.69, 9.17) is 0 Å². The average molecular weight is 367 g/mol. The second-order valence-corrected chi connectivity index (χ2v) is 4.25. The molecule has 0 aliphatic carbocycles. The molecule has 1 heterocycles. The van der Waals surface area contributed by atoms with Crippen LogP contribution in [0.5, 0.6) is 0 Å². The number of anilines is 1. The van der Waals surface area contributed by atoms with Gasteiger partial charge in [0, 0.05) is 45.4 Å². The average Bonchev–Trinajstić information content (AvgIpc) is 2.51. The van der Waals surface area contributed by atoms with Gasteiger partial charge in [-0.2, -0.15) is 0 Å². The van der Waals surface area contributed by atoms with Crippen LogP contribution in [0.1, 0.15) is 33.1 Å². The van der Waals surface area contributed by atoms with Gasteiger partial charge in [0.1, 0.15) is 0 Å². The van der Waals surface area contributed by atoms with Crippen LogP contribution in [-0.2, 0) is 32.7 Å². The fraction of sp³-hybridized carbons (Fsp3) is 0.500. The van der Waals surface area contributed by atoms with Crippen LogP contribution in [0.2, 0.25) is 0 Å². The van der Waals surface area contributed by atoms with Crippen LogP contribution in [0.15, 0.2) is 30.3 Å².